The Morgan fingerprint density at radius 3 is 1.76 bits per heavy atom. The van der Waals surface area contributed by atoms with Gasteiger partial charge in [-0.2, -0.15) is 11.8 Å². The summed E-state index contributed by atoms with van der Waals surface area (Å²) in [6.07, 6.45) is 6.14. The van der Waals surface area contributed by atoms with Gasteiger partial charge in [-0.25, -0.2) is 4.98 Å². The highest BCUT2D eigenvalue weighted by Gasteiger charge is 2.41. The Kier molecular flexibility index (Phi) is 39.1. The number of hydrogen-bond donors (Lipinski definition) is 23. The third kappa shape index (κ3) is 31.4. The van der Waals surface area contributed by atoms with Crippen LogP contribution >= 0.6 is 11.8 Å². The van der Waals surface area contributed by atoms with Crippen molar-refractivity contribution in [3.63, 3.8) is 0 Å². The molecule has 1 fully saturated rings. The van der Waals surface area contributed by atoms with E-state index in [2.05, 4.69) is 84.1 Å². The van der Waals surface area contributed by atoms with Gasteiger partial charge in [-0.3, -0.25) is 72.5 Å². The smallest absolute Gasteiger partial charge is 0.303 e. The fourth-order valence-electron chi connectivity index (χ4n) is 13.0. The maximum Gasteiger partial charge on any atom is 0.303 e. The molecule has 0 spiro atoms. The van der Waals surface area contributed by atoms with Gasteiger partial charge in [0.2, 0.25) is 76.8 Å². The second-order valence-corrected chi connectivity index (χ2v) is 29.7. The van der Waals surface area contributed by atoms with Gasteiger partial charge < -0.3 is 122 Å². The third-order valence-electron chi connectivity index (χ3n) is 19.3. The van der Waals surface area contributed by atoms with Crippen molar-refractivity contribution in [3.8, 4) is 5.75 Å². The molecule has 39 nitrogen and oxygen atoms in total. The number of nitrogens with one attached hydrogen (secondary N) is 16. The van der Waals surface area contributed by atoms with Crippen LogP contribution in [-0.2, 0) is 92.8 Å². The molecule has 117 heavy (non-hydrogen) atoms. The minimum Gasteiger partial charge on any atom is -0.508 e. The number of likely N-dealkylation sites (tertiary alicyclic amines) is 1. The number of carbonyl (C=O) groups excluding carboxylic acids is 13. The fourth-order valence-corrected chi connectivity index (χ4v) is 13.5. The first-order valence-electron chi connectivity index (χ1n) is 38.6. The molecular weight excluding hydrogens is 1540 g/mol. The van der Waals surface area contributed by atoms with E-state index in [1.807, 2.05) is 0 Å². The van der Waals surface area contributed by atoms with E-state index in [-0.39, 0.29) is 108 Å². The maximum atomic E-state index is 15.2. The topological polar surface area (TPSA) is 626 Å². The first-order chi connectivity index (χ1) is 55.9. The van der Waals surface area contributed by atoms with Crippen LogP contribution in [0.4, 0.5) is 0 Å². The number of guanidine groups is 1. The number of aromatic nitrogens is 3. The standard InChI is InChI=1S/C77H111N21O18S/c1-43(2)65(66(79)106)97-75(115)62-20-13-30-98(62)76(116)55(18-10-11-28-78)90-63(103)39-86-67(107)59(34-47-36-84-52-17-9-8-16-51(47)52)95-69(109)53(19-12-29-83-77(80)81)91-71(111)57(32-45-14-6-5-7-15-45)93-70(110)56(35-49-37-82-42-87-49)85-38-48(23-26-64(104)105)89-68(108)54(27-31-117-4)92-74(114)61(41-100)96-72(112)58(33-46-21-24-50(102)25-22-46)94-73(113)60(40-99)88-44(3)101/h5-9,14-17,21-22,24-25,36-37,42-43,48,53-62,65,84-85,99-100,102H,10-13,18-20,23,26-35,38-41,78H2,1-4H3,(H2,79,106)(H,82,87)(H,86,107)(H,88,101)(H,89,108)(H,90,103)(H,91,111)(H,92,114)(H,93,110)(H,94,113)(H,95,109)(H,96,112)(H,97,115)(H,104,105)(H4,80,81,83)/t48-,53-,54-,55-,56-,57-,58-,59-,60-,61-,62-,65-/m0/s1. The molecule has 3 heterocycles. The predicted octanol–water partition coefficient (Wildman–Crippen LogP) is -4.06. The van der Waals surface area contributed by atoms with Crippen LogP contribution in [0, 0.1) is 11.3 Å². The van der Waals surface area contributed by atoms with Crippen molar-refractivity contribution >= 4 is 111 Å². The molecule has 0 radical (unpaired) electrons. The van der Waals surface area contributed by atoms with Crippen molar-refractivity contribution in [3.05, 3.63) is 120 Å². The molecule has 0 aliphatic carbocycles. The molecule has 12 atom stereocenters. The molecule has 2 aromatic heterocycles. The normalized spacial score (nSPS) is 15.3. The van der Waals surface area contributed by atoms with Crippen LogP contribution in [0.15, 0.2) is 97.6 Å². The lowest BCUT2D eigenvalue weighted by Gasteiger charge is -2.30. The summed E-state index contributed by atoms with van der Waals surface area (Å²) in [7, 11) is 0. The number of phenols is 1. The third-order valence-corrected chi connectivity index (χ3v) is 19.9. The van der Waals surface area contributed by atoms with Gasteiger partial charge in [-0.15, -0.1) is 0 Å². The number of para-hydroxylation sites is 1. The number of fused-ring (bicyclic) bond motifs is 1. The van der Waals surface area contributed by atoms with Crippen molar-refractivity contribution in [1.82, 2.24) is 89.0 Å². The Labute approximate surface area is 680 Å². The summed E-state index contributed by atoms with van der Waals surface area (Å²) in [5.41, 5.74) is 19.6. The van der Waals surface area contributed by atoms with E-state index in [1.54, 1.807) is 80.9 Å². The largest absolute Gasteiger partial charge is 0.508 e. The minimum atomic E-state index is -1.76. The number of amides is 13. The summed E-state index contributed by atoms with van der Waals surface area (Å²) in [6.45, 7) is 2.05. The highest BCUT2D eigenvalue weighted by Crippen LogP contribution is 2.23. The number of H-pyrrole nitrogens is 2. The van der Waals surface area contributed by atoms with E-state index < -0.39 is 187 Å². The number of aliphatic hydroxyl groups is 2. The van der Waals surface area contributed by atoms with Gasteiger partial charge in [-0.05, 0) is 117 Å². The number of carboxylic acid groups (broad SMARTS) is 1. The quantitative estimate of drug-likeness (QED) is 0.0100. The van der Waals surface area contributed by atoms with E-state index in [0.717, 1.165) is 6.92 Å². The molecule has 3 aromatic carbocycles. The van der Waals surface area contributed by atoms with Crippen LogP contribution in [0.3, 0.4) is 0 Å². The van der Waals surface area contributed by atoms with Gasteiger partial charge >= 0.3 is 5.97 Å². The Balaban J connectivity index is 1.24. The van der Waals surface area contributed by atoms with Crippen molar-refractivity contribution in [2.24, 2.45) is 23.1 Å². The van der Waals surface area contributed by atoms with E-state index in [9.17, 15) is 73.2 Å². The Morgan fingerprint density at radius 1 is 0.607 bits per heavy atom. The SMILES string of the molecule is CSCC[C@H](NC(=O)[C@H](CO)NC(=O)[C@H](Cc1ccc(O)cc1)NC(=O)[C@H](CO)NC(C)=O)C(=O)N[C@@H](CCC(=O)O)CN[C@@H](Cc1cnc[nH]1)C(=O)N[C@@H](Cc1ccccc1)C(=O)N[C@@H](CCCNC(=N)N)C(=O)N[C@@H](Cc1c[nH]c2ccccc12)C(=O)NCC(=O)N[C@@H](CCCCN)C(=O)N1CCC[C@H]1C(=O)N[C@H](C(N)=O)C(C)C. The van der Waals surface area contributed by atoms with E-state index in [1.165, 1.54) is 53.5 Å². The van der Waals surface area contributed by atoms with Gasteiger partial charge in [0.1, 0.15) is 66.2 Å². The number of aromatic amines is 2. The number of unbranched alkanes of at least 4 members (excludes halogenated alkanes) is 1. The number of rotatable bonds is 51. The lowest BCUT2D eigenvalue weighted by molar-refractivity contribution is -0.142. The van der Waals surface area contributed by atoms with Crippen LogP contribution in [0.2, 0.25) is 0 Å². The average molecular weight is 1650 g/mol. The van der Waals surface area contributed by atoms with Crippen molar-refractivity contribution in [2.45, 2.75) is 183 Å². The number of imidazole rings is 1. The summed E-state index contributed by atoms with van der Waals surface area (Å²) in [6, 6.07) is 4.91. The number of benzene rings is 3. The highest BCUT2D eigenvalue weighted by molar-refractivity contribution is 7.98. The summed E-state index contributed by atoms with van der Waals surface area (Å²) in [4.78, 5) is 206. The van der Waals surface area contributed by atoms with E-state index in [4.69, 9.17) is 22.6 Å². The average Bonchev–Trinajstić information content (AvgIpc) is 1.70. The molecule has 6 rings (SSSR count). The number of aliphatic hydroxyl groups excluding tert-OH is 2. The molecule has 1 aliphatic rings. The van der Waals surface area contributed by atoms with Crippen molar-refractivity contribution in [2.75, 3.05) is 57.9 Å². The Hall–Kier alpha value is -11.8. The van der Waals surface area contributed by atoms with Crippen LogP contribution in [0.1, 0.15) is 107 Å². The maximum absolute atomic E-state index is 15.2. The Bertz CT molecular complexity index is 4160. The van der Waals surface area contributed by atoms with Crippen LogP contribution < -0.4 is 86.3 Å². The second kappa shape index (κ2) is 48.6. The zero-order valence-electron chi connectivity index (χ0n) is 65.8. The number of aliphatic carboxylic acids is 1. The highest BCUT2D eigenvalue weighted by atomic mass is 32.2. The molecule has 5 aromatic rings. The lowest BCUT2D eigenvalue weighted by Crippen LogP contribution is -2.60. The molecule has 0 bridgehead atoms. The number of carboxylic acids is 1. The van der Waals surface area contributed by atoms with Gasteiger partial charge in [0, 0.05) is 93.7 Å². The van der Waals surface area contributed by atoms with E-state index in [0.29, 0.717) is 52.5 Å². The summed E-state index contributed by atoms with van der Waals surface area (Å²) < 4.78 is 0. The van der Waals surface area contributed by atoms with Gasteiger partial charge in [-0.1, -0.05) is 74.5 Å². The number of carbonyl (C=O) groups is 14. The fraction of sp³-hybridized carbons (Fsp3) is 0.506. The number of hydrogen-bond acceptors (Lipinski definition) is 22. The van der Waals surface area contributed by atoms with Gasteiger partial charge in [0.05, 0.1) is 32.1 Å². The zero-order chi connectivity index (χ0) is 85.7. The zero-order valence-corrected chi connectivity index (χ0v) is 66.7. The number of nitrogens with zero attached hydrogens (tertiary/aromatic N) is 2. The Morgan fingerprint density at radius 2 is 1.17 bits per heavy atom. The first-order valence-corrected chi connectivity index (χ1v) is 40.0. The lowest BCUT2D eigenvalue weighted by atomic mass is 10.0. The van der Waals surface area contributed by atoms with Gasteiger partial charge in [0.25, 0.3) is 0 Å². The number of phenolic OH excluding ortho intramolecular Hbond substituents is 1. The molecule has 13 amide bonds. The second-order valence-electron chi connectivity index (χ2n) is 28.7. The molecular formula is C77H111N21O18S. The molecule has 26 N–H and O–H groups in total. The number of nitrogens with two attached hydrogens (primary N) is 3. The minimum absolute atomic E-state index is 0.0288. The van der Waals surface area contributed by atoms with Gasteiger partial charge in [0.15, 0.2) is 5.96 Å². The summed E-state index contributed by atoms with van der Waals surface area (Å²) in [5.74, 6) is -12.7. The number of primary amides is 1. The molecule has 0 saturated carbocycles. The predicted molar refractivity (Wildman–Crippen MR) is 431 cm³/mol. The number of thioether (sulfide) groups is 1. The molecule has 1 saturated heterocycles. The van der Waals surface area contributed by atoms with E-state index >= 15 is 14.4 Å². The summed E-state index contributed by atoms with van der Waals surface area (Å²) >= 11 is 1.29. The van der Waals surface area contributed by atoms with Crippen LogP contribution in [0.25, 0.3) is 10.9 Å². The van der Waals surface area contributed by atoms with Crippen molar-refractivity contribution in [1.29, 1.82) is 5.41 Å². The molecule has 1 aliphatic heterocycles. The number of aromatic hydroxyl groups is 1. The summed E-state index contributed by atoms with van der Waals surface area (Å²) in [5, 5.41) is 83.3. The van der Waals surface area contributed by atoms with Crippen molar-refractivity contribution < 1.29 is 87.5 Å². The van der Waals surface area contributed by atoms with Crippen LogP contribution in [-0.4, -0.2) is 259 Å². The molecule has 638 valence electrons. The first kappa shape index (κ1) is 94.1. The van der Waals surface area contributed by atoms with Crippen LogP contribution in [0.5, 0.6) is 5.75 Å². The molecule has 0 unspecified atom stereocenters. The molecule has 40 heteroatoms. The monoisotopic (exact) mass is 1650 g/mol.